The molecule has 0 aliphatic carbocycles. The third-order valence-corrected chi connectivity index (χ3v) is 5.10. The van der Waals surface area contributed by atoms with Crippen molar-refractivity contribution in [3.05, 3.63) is 18.3 Å². The fourth-order valence-corrected chi connectivity index (χ4v) is 3.86. The lowest BCUT2D eigenvalue weighted by Crippen LogP contribution is -2.41. The largest absolute Gasteiger partial charge is 0.395 e. The van der Waals surface area contributed by atoms with Crippen LogP contribution in [-0.2, 0) is 10.0 Å². The van der Waals surface area contributed by atoms with Crippen LogP contribution < -0.4 is 11.3 Å². The highest BCUT2D eigenvalue weighted by Crippen LogP contribution is 2.22. The van der Waals surface area contributed by atoms with Gasteiger partial charge in [0.25, 0.3) is 0 Å². The van der Waals surface area contributed by atoms with E-state index >= 15 is 0 Å². The first-order valence-corrected chi connectivity index (χ1v) is 8.00. The van der Waals surface area contributed by atoms with E-state index in [4.69, 9.17) is 10.9 Å². The van der Waals surface area contributed by atoms with E-state index in [0.717, 1.165) is 0 Å². The van der Waals surface area contributed by atoms with Crippen LogP contribution in [0.15, 0.2) is 23.2 Å². The lowest BCUT2D eigenvalue weighted by molar-refractivity contribution is 0.219. The molecule has 1 rings (SSSR count). The molecule has 0 aliphatic heterocycles. The number of rotatable bonds is 8. The van der Waals surface area contributed by atoms with Crippen molar-refractivity contribution in [1.29, 1.82) is 0 Å². The number of aliphatic hydroxyl groups is 1. The van der Waals surface area contributed by atoms with Gasteiger partial charge < -0.3 is 10.5 Å². The molecule has 8 heteroatoms. The van der Waals surface area contributed by atoms with Crippen LogP contribution in [0.1, 0.15) is 26.7 Å². The number of pyridine rings is 1. The molecule has 114 valence electrons. The number of nitrogen functional groups attached to an aromatic ring is 1. The van der Waals surface area contributed by atoms with Gasteiger partial charge in [-0.2, -0.15) is 4.31 Å². The van der Waals surface area contributed by atoms with E-state index in [2.05, 4.69) is 10.4 Å². The first-order valence-electron chi connectivity index (χ1n) is 6.56. The van der Waals surface area contributed by atoms with E-state index in [0.29, 0.717) is 12.8 Å². The van der Waals surface area contributed by atoms with Crippen LogP contribution in [-0.4, -0.2) is 42.0 Å². The van der Waals surface area contributed by atoms with Crippen LogP contribution in [0.4, 0.5) is 5.82 Å². The molecule has 4 N–H and O–H groups in total. The normalized spacial score (nSPS) is 12.1. The number of sulfonamides is 1. The van der Waals surface area contributed by atoms with Crippen LogP contribution in [0, 0.1) is 0 Å². The van der Waals surface area contributed by atoms with Gasteiger partial charge in [0.2, 0.25) is 10.0 Å². The Morgan fingerprint density at radius 2 is 2.10 bits per heavy atom. The summed E-state index contributed by atoms with van der Waals surface area (Å²) >= 11 is 0. The first-order chi connectivity index (χ1) is 9.51. The highest BCUT2D eigenvalue weighted by molar-refractivity contribution is 7.89. The third kappa shape index (κ3) is 3.66. The van der Waals surface area contributed by atoms with Gasteiger partial charge in [-0.05, 0) is 18.9 Å². The van der Waals surface area contributed by atoms with E-state index in [9.17, 15) is 8.42 Å². The molecular weight excluding hydrogens is 280 g/mol. The maximum absolute atomic E-state index is 12.7. The van der Waals surface area contributed by atoms with Crippen molar-refractivity contribution in [3.63, 3.8) is 0 Å². The maximum atomic E-state index is 12.7. The molecule has 0 saturated carbocycles. The number of nitrogens with two attached hydrogens (primary N) is 1. The number of anilines is 1. The lowest BCUT2D eigenvalue weighted by Gasteiger charge is -2.29. The summed E-state index contributed by atoms with van der Waals surface area (Å²) in [6, 6.07) is 2.65. The molecule has 1 aromatic heterocycles. The Balaban J connectivity index is 3.21. The Kier molecular flexibility index (Phi) is 6.34. The first kappa shape index (κ1) is 16.8. The van der Waals surface area contributed by atoms with E-state index in [-0.39, 0.29) is 29.9 Å². The summed E-state index contributed by atoms with van der Waals surface area (Å²) in [5, 5.41) is 9.14. The molecule has 0 bridgehead atoms. The number of hydrazine groups is 1. The van der Waals surface area contributed by atoms with Crippen LogP contribution in [0.5, 0.6) is 0 Å². The van der Waals surface area contributed by atoms with Gasteiger partial charge in [0.1, 0.15) is 5.82 Å². The molecule has 1 aromatic rings. The molecule has 0 amide bonds. The Morgan fingerprint density at radius 1 is 1.45 bits per heavy atom. The molecule has 1 heterocycles. The summed E-state index contributed by atoms with van der Waals surface area (Å²) in [5.41, 5.74) is 2.32. The van der Waals surface area contributed by atoms with Gasteiger partial charge in [-0.25, -0.2) is 19.2 Å². The predicted octanol–water partition coefficient (Wildman–Crippen LogP) is 0.539. The van der Waals surface area contributed by atoms with E-state index in [1.807, 2.05) is 13.8 Å². The summed E-state index contributed by atoms with van der Waals surface area (Å²) in [5.74, 6) is 5.53. The molecule has 0 spiro atoms. The molecule has 0 saturated heterocycles. The zero-order valence-corrected chi connectivity index (χ0v) is 12.6. The molecular formula is C12H22N4O3S. The molecule has 20 heavy (non-hydrogen) atoms. The number of hydrogen-bond acceptors (Lipinski definition) is 6. The lowest BCUT2D eigenvalue weighted by atomic mass is 10.2. The van der Waals surface area contributed by atoms with Crippen LogP contribution >= 0.6 is 0 Å². The number of aromatic nitrogens is 1. The Bertz CT molecular complexity index is 517. The van der Waals surface area contributed by atoms with Gasteiger partial charge >= 0.3 is 0 Å². The van der Waals surface area contributed by atoms with Gasteiger partial charge in [-0.3, -0.25) is 0 Å². The van der Waals surface area contributed by atoms with Crippen LogP contribution in [0.3, 0.4) is 0 Å². The van der Waals surface area contributed by atoms with Crippen LogP contribution in [0.25, 0.3) is 0 Å². The Hall–Kier alpha value is -1.22. The third-order valence-electron chi connectivity index (χ3n) is 3.16. The molecule has 0 aliphatic rings. The average Bonchev–Trinajstić information content (AvgIpc) is 2.47. The number of hydrogen-bond donors (Lipinski definition) is 3. The van der Waals surface area contributed by atoms with E-state index in [1.165, 1.54) is 22.6 Å². The van der Waals surface area contributed by atoms with Gasteiger partial charge in [0, 0.05) is 24.8 Å². The standard InChI is InChI=1S/C12H22N4O3S/c1-3-10(4-2)16(7-8-17)20(18,19)11-5-6-14-12(9-11)15-13/h5-6,9-10,17H,3-4,7-8,13H2,1-2H3,(H,14,15). The van der Waals surface area contributed by atoms with E-state index < -0.39 is 10.0 Å². The van der Waals surface area contributed by atoms with Crippen molar-refractivity contribution in [1.82, 2.24) is 9.29 Å². The molecule has 7 nitrogen and oxygen atoms in total. The monoisotopic (exact) mass is 302 g/mol. The van der Waals surface area contributed by atoms with Crippen molar-refractivity contribution in [2.24, 2.45) is 5.84 Å². The van der Waals surface area contributed by atoms with Gasteiger partial charge in [-0.1, -0.05) is 13.8 Å². The highest BCUT2D eigenvalue weighted by atomic mass is 32.2. The Morgan fingerprint density at radius 3 is 2.60 bits per heavy atom. The summed E-state index contributed by atoms with van der Waals surface area (Å²) in [4.78, 5) is 4.01. The smallest absolute Gasteiger partial charge is 0.243 e. The maximum Gasteiger partial charge on any atom is 0.243 e. The van der Waals surface area contributed by atoms with Gasteiger partial charge in [0.15, 0.2) is 0 Å². The Labute approximate surface area is 119 Å². The molecule has 0 aromatic carbocycles. The van der Waals surface area contributed by atoms with Gasteiger partial charge in [0.05, 0.1) is 11.5 Å². The van der Waals surface area contributed by atoms with E-state index in [1.54, 1.807) is 0 Å². The van der Waals surface area contributed by atoms with Crippen LogP contribution in [0.2, 0.25) is 0 Å². The van der Waals surface area contributed by atoms with Crippen molar-refractivity contribution in [2.45, 2.75) is 37.6 Å². The molecule has 0 radical (unpaired) electrons. The zero-order valence-electron chi connectivity index (χ0n) is 11.8. The fourth-order valence-electron chi connectivity index (χ4n) is 2.08. The summed E-state index contributed by atoms with van der Waals surface area (Å²) in [7, 11) is -3.68. The second-order valence-corrected chi connectivity index (χ2v) is 6.22. The number of aliphatic hydroxyl groups excluding tert-OH is 1. The molecule has 0 unspecified atom stereocenters. The van der Waals surface area contributed by atoms with Crippen molar-refractivity contribution in [3.8, 4) is 0 Å². The number of nitrogens with one attached hydrogen (secondary N) is 1. The van der Waals surface area contributed by atoms with Gasteiger partial charge in [-0.15, -0.1) is 0 Å². The zero-order chi connectivity index (χ0) is 15.2. The SMILES string of the molecule is CCC(CC)N(CCO)S(=O)(=O)c1ccnc(NN)c1. The second kappa shape index (κ2) is 7.53. The minimum absolute atomic E-state index is 0.0718. The molecule has 0 fully saturated rings. The summed E-state index contributed by atoms with van der Waals surface area (Å²) in [6.45, 7) is 3.70. The summed E-state index contributed by atoms with van der Waals surface area (Å²) in [6.07, 6.45) is 2.75. The van der Waals surface area contributed by atoms with Crippen molar-refractivity contribution < 1.29 is 13.5 Å². The second-order valence-electron chi connectivity index (χ2n) is 4.33. The molecule has 0 atom stereocenters. The minimum atomic E-state index is -3.68. The summed E-state index contributed by atoms with van der Waals surface area (Å²) < 4.78 is 26.7. The quantitative estimate of drug-likeness (QED) is 0.478. The predicted molar refractivity (Wildman–Crippen MR) is 77.4 cm³/mol. The topological polar surface area (TPSA) is 109 Å². The van der Waals surface area contributed by atoms with Crippen molar-refractivity contribution in [2.75, 3.05) is 18.6 Å². The minimum Gasteiger partial charge on any atom is -0.395 e. The number of nitrogens with zero attached hydrogens (tertiary/aromatic N) is 2. The highest BCUT2D eigenvalue weighted by Gasteiger charge is 2.29. The average molecular weight is 302 g/mol. The van der Waals surface area contributed by atoms with Crippen molar-refractivity contribution >= 4 is 15.8 Å². The fraction of sp³-hybridized carbons (Fsp3) is 0.583.